The van der Waals surface area contributed by atoms with Crippen molar-refractivity contribution < 1.29 is 4.74 Å². The first-order valence-electron chi connectivity index (χ1n) is 5.11. The fourth-order valence-electron chi connectivity index (χ4n) is 1.96. The van der Waals surface area contributed by atoms with E-state index < -0.39 is 0 Å². The van der Waals surface area contributed by atoms with Crippen LogP contribution in [0.15, 0.2) is 18.2 Å². The van der Waals surface area contributed by atoms with Gasteiger partial charge in [-0.05, 0) is 37.6 Å². The highest BCUT2D eigenvalue weighted by Gasteiger charge is 2.07. The molecule has 2 rings (SSSR count). The second-order valence-electron chi connectivity index (χ2n) is 3.68. The summed E-state index contributed by atoms with van der Waals surface area (Å²) in [6.45, 7) is 2.76. The van der Waals surface area contributed by atoms with Crippen molar-refractivity contribution in [3.05, 3.63) is 29.5 Å². The Kier molecular flexibility index (Phi) is 2.64. The molecule has 15 heavy (non-hydrogen) atoms. The topological polar surface area (TPSA) is 51.0 Å². The summed E-state index contributed by atoms with van der Waals surface area (Å²) in [6, 6.07) is 6.08. The third-order valence-electron chi connectivity index (χ3n) is 2.72. The van der Waals surface area contributed by atoms with Gasteiger partial charge in [-0.25, -0.2) is 0 Å². The minimum absolute atomic E-state index is 0.680. The molecule has 3 N–H and O–H groups in total. The van der Waals surface area contributed by atoms with Crippen molar-refractivity contribution in [1.29, 1.82) is 0 Å². The Hall–Kier alpha value is -1.48. The van der Waals surface area contributed by atoms with Crippen LogP contribution in [0.2, 0.25) is 0 Å². The van der Waals surface area contributed by atoms with E-state index in [9.17, 15) is 0 Å². The molecule has 0 fully saturated rings. The molecule has 3 heteroatoms. The molecule has 0 amide bonds. The third kappa shape index (κ3) is 1.70. The van der Waals surface area contributed by atoms with Crippen LogP contribution in [0.25, 0.3) is 10.9 Å². The molecule has 0 aliphatic carbocycles. The van der Waals surface area contributed by atoms with Crippen molar-refractivity contribution in [3.63, 3.8) is 0 Å². The number of hydrogen-bond acceptors (Lipinski definition) is 2. The Morgan fingerprint density at radius 3 is 2.87 bits per heavy atom. The summed E-state index contributed by atoms with van der Waals surface area (Å²) in [6.07, 6.45) is 0.915. The molecule has 2 aromatic rings. The second-order valence-corrected chi connectivity index (χ2v) is 3.68. The smallest absolute Gasteiger partial charge is 0.120 e. The lowest BCUT2D eigenvalue weighted by Crippen LogP contribution is -2.03. The molecule has 0 aliphatic rings. The Morgan fingerprint density at radius 1 is 1.40 bits per heavy atom. The first-order chi connectivity index (χ1) is 7.26. The van der Waals surface area contributed by atoms with Gasteiger partial charge in [0.15, 0.2) is 0 Å². The predicted octanol–water partition coefficient (Wildman–Crippen LogP) is 1.99. The average molecular weight is 204 g/mol. The van der Waals surface area contributed by atoms with Crippen LogP contribution in [0, 0.1) is 6.92 Å². The normalized spacial score (nSPS) is 10.9. The van der Waals surface area contributed by atoms with Gasteiger partial charge in [0, 0.05) is 22.7 Å². The molecule has 0 radical (unpaired) electrons. The van der Waals surface area contributed by atoms with Crippen molar-refractivity contribution >= 4 is 10.9 Å². The molecule has 0 saturated heterocycles. The zero-order valence-electron chi connectivity index (χ0n) is 9.13. The quantitative estimate of drug-likeness (QED) is 0.803. The molecule has 0 aliphatic heterocycles. The van der Waals surface area contributed by atoms with Crippen molar-refractivity contribution in [2.45, 2.75) is 13.3 Å². The molecule has 0 atom stereocenters. The molecular formula is C12H16N2O. The van der Waals surface area contributed by atoms with Crippen molar-refractivity contribution in [3.8, 4) is 5.75 Å². The molecule has 0 unspecified atom stereocenters. The summed E-state index contributed by atoms with van der Waals surface area (Å²) in [5, 5.41) is 1.25. The summed E-state index contributed by atoms with van der Waals surface area (Å²) in [5.41, 5.74) is 9.23. The number of nitrogens with two attached hydrogens (primary N) is 1. The lowest BCUT2D eigenvalue weighted by atomic mass is 10.1. The maximum Gasteiger partial charge on any atom is 0.120 e. The summed E-state index contributed by atoms with van der Waals surface area (Å²) in [4.78, 5) is 3.35. The zero-order valence-corrected chi connectivity index (χ0v) is 9.13. The summed E-state index contributed by atoms with van der Waals surface area (Å²) in [7, 11) is 1.68. The van der Waals surface area contributed by atoms with Crippen molar-refractivity contribution in [2.24, 2.45) is 5.73 Å². The first kappa shape index (κ1) is 10.1. The highest BCUT2D eigenvalue weighted by Crippen LogP contribution is 2.25. The van der Waals surface area contributed by atoms with Gasteiger partial charge in [0.05, 0.1) is 7.11 Å². The molecule has 80 valence electrons. The van der Waals surface area contributed by atoms with E-state index >= 15 is 0 Å². The lowest BCUT2D eigenvalue weighted by molar-refractivity contribution is 0.415. The fraction of sp³-hybridized carbons (Fsp3) is 0.333. The highest BCUT2D eigenvalue weighted by atomic mass is 16.5. The van der Waals surface area contributed by atoms with E-state index in [4.69, 9.17) is 10.5 Å². The number of nitrogens with one attached hydrogen (secondary N) is 1. The SMILES string of the molecule is COc1ccc2c(CCN)c(C)[nH]c2c1. The number of aromatic nitrogens is 1. The van der Waals surface area contributed by atoms with E-state index in [1.165, 1.54) is 16.6 Å². The van der Waals surface area contributed by atoms with E-state index in [0.717, 1.165) is 17.7 Å². The number of aromatic amines is 1. The van der Waals surface area contributed by atoms with Crippen LogP contribution in [0.5, 0.6) is 5.75 Å². The standard InChI is InChI=1S/C12H16N2O/c1-8-10(5-6-13)11-4-3-9(15-2)7-12(11)14-8/h3-4,7,14H,5-6,13H2,1-2H3. The van der Waals surface area contributed by atoms with E-state index in [1.807, 2.05) is 12.1 Å². The van der Waals surface area contributed by atoms with Gasteiger partial charge in [-0.2, -0.15) is 0 Å². The number of H-pyrrole nitrogens is 1. The lowest BCUT2D eigenvalue weighted by Gasteiger charge is -2.00. The summed E-state index contributed by atoms with van der Waals surface area (Å²) in [5.74, 6) is 0.878. The number of rotatable bonds is 3. The van der Waals surface area contributed by atoms with Gasteiger partial charge in [0.2, 0.25) is 0 Å². The third-order valence-corrected chi connectivity index (χ3v) is 2.72. The number of fused-ring (bicyclic) bond motifs is 1. The average Bonchev–Trinajstić information content (AvgIpc) is 2.55. The maximum absolute atomic E-state index is 5.60. The van der Waals surface area contributed by atoms with Crippen LogP contribution in [-0.2, 0) is 6.42 Å². The summed E-state index contributed by atoms with van der Waals surface area (Å²) < 4.78 is 5.19. The zero-order chi connectivity index (χ0) is 10.8. The van der Waals surface area contributed by atoms with Gasteiger partial charge >= 0.3 is 0 Å². The predicted molar refractivity (Wildman–Crippen MR) is 62.3 cm³/mol. The molecule has 0 saturated carbocycles. The molecule has 1 heterocycles. The Morgan fingerprint density at radius 2 is 2.20 bits per heavy atom. The van der Waals surface area contributed by atoms with Crippen LogP contribution in [0.4, 0.5) is 0 Å². The first-order valence-corrected chi connectivity index (χ1v) is 5.11. The van der Waals surface area contributed by atoms with E-state index in [-0.39, 0.29) is 0 Å². The van der Waals surface area contributed by atoms with Crippen LogP contribution in [0.1, 0.15) is 11.3 Å². The minimum atomic E-state index is 0.680. The molecule has 1 aromatic carbocycles. The summed E-state index contributed by atoms with van der Waals surface area (Å²) >= 11 is 0. The molecule has 3 nitrogen and oxygen atoms in total. The number of methoxy groups -OCH3 is 1. The van der Waals surface area contributed by atoms with Gasteiger partial charge < -0.3 is 15.5 Å². The van der Waals surface area contributed by atoms with Gasteiger partial charge in [0.1, 0.15) is 5.75 Å². The number of aryl methyl sites for hydroxylation is 1. The Labute approximate surface area is 89.2 Å². The van der Waals surface area contributed by atoms with E-state index in [1.54, 1.807) is 7.11 Å². The van der Waals surface area contributed by atoms with Gasteiger partial charge in [0.25, 0.3) is 0 Å². The van der Waals surface area contributed by atoms with Crippen molar-refractivity contribution in [2.75, 3.05) is 13.7 Å². The number of ether oxygens (including phenoxy) is 1. The Balaban J connectivity index is 2.58. The molecular weight excluding hydrogens is 188 g/mol. The molecule has 0 bridgehead atoms. The van der Waals surface area contributed by atoms with E-state index in [0.29, 0.717) is 6.54 Å². The van der Waals surface area contributed by atoms with E-state index in [2.05, 4.69) is 18.0 Å². The van der Waals surface area contributed by atoms with Gasteiger partial charge in [-0.15, -0.1) is 0 Å². The van der Waals surface area contributed by atoms with Crippen LogP contribution < -0.4 is 10.5 Å². The fourth-order valence-corrected chi connectivity index (χ4v) is 1.96. The number of benzene rings is 1. The van der Waals surface area contributed by atoms with Gasteiger partial charge in [-0.1, -0.05) is 0 Å². The van der Waals surface area contributed by atoms with Crippen LogP contribution in [0.3, 0.4) is 0 Å². The largest absolute Gasteiger partial charge is 0.497 e. The molecule has 0 spiro atoms. The van der Waals surface area contributed by atoms with Crippen LogP contribution in [-0.4, -0.2) is 18.6 Å². The minimum Gasteiger partial charge on any atom is -0.497 e. The van der Waals surface area contributed by atoms with Crippen LogP contribution >= 0.6 is 0 Å². The molecule has 1 aromatic heterocycles. The highest BCUT2D eigenvalue weighted by molar-refractivity contribution is 5.85. The van der Waals surface area contributed by atoms with Crippen molar-refractivity contribution in [1.82, 2.24) is 4.98 Å². The second kappa shape index (κ2) is 3.95. The van der Waals surface area contributed by atoms with Gasteiger partial charge in [-0.3, -0.25) is 0 Å². The monoisotopic (exact) mass is 204 g/mol. The Bertz CT molecular complexity index is 474. The maximum atomic E-state index is 5.60. The number of hydrogen-bond donors (Lipinski definition) is 2.